The Labute approximate surface area is 80.3 Å². The molecule has 1 aromatic heterocycles. The summed E-state index contributed by atoms with van der Waals surface area (Å²) in [7, 11) is 0. The van der Waals surface area contributed by atoms with Gasteiger partial charge in [-0.3, -0.25) is 10.1 Å². The van der Waals surface area contributed by atoms with Crippen molar-refractivity contribution in [2.24, 2.45) is 0 Å². The predicted molar refractivity (Wildman–Crippen MR) is 52.2 cm³/mol. The summed E-state index contributed by atoms with van der Waals surface area (Å²) in [5, 5.41) is 11.4. The second-order valence-corrected chi connectivity index (χ2v) is 3.05. The summed E-state index contributed by atoms with van der Waals surface area (Å²) >= 11 is 0. The number of non-ortho nitro benzene ring substituents is 1. The largest absolute Gasteiger partial charge is 0.464 e. The maximum atomic E-state index is 10.5. The van der Waals surface area contributed by atoms with Crippen LogP contribution in [0.2, 0.25) is 0 Å². The molecular weight excluding hydrogens is 182 g/mol. The third kappa shape index (κ3) is 1.25. The molecule has 0 amide bonds. The Morgan fingerprint density at radius 3 is 2.93 bits per heavy atom. The first-order valence-electron chi connectivity index (χ1n) is 4.37. The van der Waals surface area contributed by atoms with Crippen molar-refractivity contribution in [1.82, 2.24) is 0 Å². The normalized spacial score (nSPS) is 10.6. The van der Waals surface area contributed by atoms with E-state index in [1.165, 1.54) is 6.07 Å². The fraction of sp³-hybridized carbons (Fsp3) is 0.200. The molecule has 0 unspecified atom stereocenters. The molecule has 14 heavy (non-hydrogen) atoms. The number of nitro groups is 1. The first-order chi connectivity index (χ1) is 6.72. The van der Waals surface area contributed by atoms with Crippen molar-refractivity contribution >= 4 is 16.7 Å². The lowest BCUT2D eigenvalue weighted by atomic mass is 10.1. The molecule has 0 saturated carbocycles. The maximum Gasteiger partial charge on any atom is 0.270 e. The Kier molecular flexibility index (Phi) is 1.96. The molecule has 2 aromatic rings. The number of hydrogen-bond donors (Lipinski definition) is 0. The van der Waals surface area contributed by atoms with Crippen LogP contribution >= 0.6 is 0 Å². The van der Waals surface area contributed by atoms with Gasteiger partial charge >= 0.3 is 0 Å². The number of rotatable bonds is 2. The average molecular weight is 191 g/mol. The van der Waals surface area contributed by atoms with Crippen LogP contribution in [0.4, 0.5) is 5.69 Å². The fourth-order valence-corrected chi connectivity index (χ4v) is 1.46. The molecule has 4 nitrogen and oxygen atoms in total. The van der Waals surface area contributed by atoms with Gasteiger partial charge in [0.15, 0.2) is 0 Å². The number of benzene rings is 1. The zero-order valence-electron chi connectivity index (χ0n) is 7.69. The van der Waals surface area contributed by atoms with Gasteiger partial charge in [-0.2, -0.15) is 0 Å². The van der Waals surface area contributed by atoms with Crippen LogP contribution in [0.5, 0.6) is 0 Å². The van der Waals surface area contributed by atoms with Crippen LogP contribution in [0.3, 0.4) is 0 Å². The van der Waals surface area contributed by atoms with E-state index in [2.05, 4.69) is 0 Å². The molecule has 0 fully saturated rings. The monoisotopic (exact) mass is 191 g/mol. The molecule has 0 N–H and O–H groups in total. The van der Waals surface area contributed by atoms with E-state index in [-0.39, 0.29) is 5.69 Å². The number of fused-ring (bicyclic) bond motifs is 1. The first kappa shape index (κ1) is 8.74. The summed E-state index contributed by atoms with van der Waals surface area (Å²) in [4.78, 5) is 10.1. The van der Waals surface area contributed by atoms with Crippen LogP contribution < -0.4 is 0 Å². The van der Waals surface area contributed by atoms with Crippen molar-refractivity contribution in [2.75, 3.05) is 0 Å². The molecule has 2 rings (SSSR count). The van der Waals surface area contributed by atoms with E-state index < -0.39 is 4.92 Å². The van der Waals surface area contributed by atoms with E-state index in [4.69, 9.17) is 4.42 Å². The summed E-state index contributed by atoms with van der Waals surface area (Å²) in [6, 6.07) is 4.63. The van der Waals surface area contributed by atoms with Crippen LogP contribution in [-0.4, -0.2) is 4.92 Å². The van der Waals surface area contributed by atoms with Gasteiger partial charge in [0.2, 0.25) is 0 Å². The lowest BCUT2D eigenvalue weighted by Gasteiger charge is -1.92. The van der Waals surface area contributed by atoms with Gasteiger partial charge in [-0.15, -0.1) is 0 Å². The van der Waals surface area contributed by atoms with Gasteiger partial charge in [0.25, 0.3) is 5.69 Å². The third-order valence-electron chi connectivity index (χ3n) is 2.23. The molecule has 0 spiro atoms. The molecule has 0 aliphatic rings. The minimum atomic E-state index is -0.397. The maximum absolute atomic E-state index is 10.5. The molecule has 0 bridgehead atoms. The van der Waals surface area contributed by atoms with Crippen molar-refractivity contribution in [1.29, 1.82) is 0 Å². The van der Waals surface area contributed by atoms with Gasteiger partial charge in [-0.05, 0) is 18.1 Å². The van der Waals surface area contributed by atoms with E-state index in [0.29, 0.717) is 5.58 Å². The Morgan fingerprint density at radius 1 is 1.50 bits per heavy atom. The zero-order valence-corrected chi connectivity index (χ0v) is 7.69. The lowest BCUT2D eigenvalue weighted by molar-refractivity contribution is -0.384. The number of nitro benzene ring substituents is 1. The van der Waals surface area contributed by atoms with Crippen molar-refractivity contribution in [3.05, 3.63) is 40.1 Å². The van der Waals surface area contributed by atoms with Crippen LogP contribution in [-0.2, 0) is 6.42 Å². The SMILES string of the molecule is CCc1coc2ccc([N+](=O)[O-])cc12. The number of aryl methyl sites for hydroxylation is 1. The van der Waals surface area contributed by atoms with Gasteiger partial charge in [-0.1, -0.05) is 6.92 Å². The van der Waals surface area contributed by atoms with E-state index in [0.717, 1.165) is 17.4 Å². The quantitative estimate of drug-likeness (QED) is 0.541. The fourth-order valence-electron chi connectivity index (χ4n) is 1.46. The van der Waals surface area contributed by atoms with E-state index >= 15 is 0 Å². The summed E-state index contributed by atoms with van der Waals surface area (Å²) in [5.74, 6) is 0. The van der Waals surface area contributed by atoms with Crippen molar-refractivity contribution in [3.63, 3.8) is 0 Å². The number of nitrogens with zero attached hydrogens (tertiary/aromatic N) is 1. The Hall–Kier alpha value is -1.84. The lowest BCUT2D eigenvalue weighted by Crippen LogP contribution is -1.87. The topological polar surface area (TPSA) is 56.3 Å². The Bertz CT molecular complexity index is 487. The summed E-state index contributed by atoms with van der Waals surface area (Å²) in [5.41, 5.74) is 1.81. The minimum absolute atomic E-state index is 0.105. The van der Waals surface area contributed by atoms with Gasteiger partial charge in [0.1, 0.15) is 5.58 Å². The smallest absolute Gasteiger partial charge is 0.270 e. The highest BCUT2D eigenvalue weighted by Crippen LogP contribution is 2.25. The van der Waals surface area contributed by atoms with Gasteiger partial charge in [0.05, 0.1) is 11.2 Å². The highest BCUT2D eigenvalue weighted by Gasteiger charge is 2.10. The van der Waals surface area contributed by atoms with Gasteiger partial charge in [0, 0.05) is 17.5 Å². The van der Waals surface area contributed by atoms with Crippen molar-refractivity contribution in [2.45, 2.75) is 13.3 Å². The van der Waals surface area contributed by atoms with Crippen molar-refractivity contribution in [3.8, 4) is 0 Å². The Morgan fingerprint density at radius 2 is 2.29 bits per heavy atom. The van der Waals surface area contributed by atoms with Gasteiger partial charge in [-0.25, -0.2) is 0 Å². The van der Waals surface area contributed by atoms with Crippen LogP contribution in [0.15, 0.2) is 28.9 Å². The molecule has 0 aliphatic heterocycles. The summed E-state index contributed by atoms with van der Waals surface area (Å²) < 4.78 is 5.25. The highest BCUT2D eigenvalue weighted by molar-refractivity contribution is 5.83. The minimum Gasteiger partial charge on any atom is -0.464 e. The van der Waals surface area contributed by atoms with E-state index in [9.17, 15) is 10.1 Å². The molecule has 1 heterocycles. The molecule has 0 saturated heterocycles. The standard InChI is InChI=1S/C10H9NO3/c1-2-7-6-14-10-4-3-8(11(12)13)5-9(7)10/h3-6H,2H2,1H3. The van der Waals surface area contributed by atoms with Crippen LogP contribution in [0, 0.1) is 10.1 Å². The average Bonchev–Trinajstić information content (AvgIpc) is 2.59. The molecule has 4 heteroatoms. The molecule has 72 valence electrons. The molecular formula is C10H9NO3. The first-order valence-corrected chi connectivity index (χ1v) is 4.37. The van der Waals surface area contributed by atoms with E-state index in [1.807, 2.05) is 6.92 Å². The molecule has 0 atom stereocenters. The second-order valence-electron chi connectivity index (χ2n) is 3.05. The predicted octanol–water partition coefficient (Wildman–Crippen LogP) is 2.90. The Balaban J connectivity index is 2.67. The molecule has 0 radical (unpaired) electrons. The highest BCUT2D eigenvalue weighted by atomic mass is 16.6. The van der Waals surface area contributed by atoms with Crippen molar-refractivity contribution < 1.29 is 9.34 Å². The summed E-state index contributed by atoms with van der Waals surface area (Å²) in [6.07, 6.45) is 2.46. The van der Waals surface area contributed by atoms with E-state index in [1.54, 1.807) is 18.4 Å². The summed E-state index contributed by atoms with van der Waals surface area (Å²) in [6.45, 7) is 1.99. The zero-order chi connectivity index (χ0) is 10.1. The number of furan rings is 1. The second kappa shape index (κ2) is 3.14. The van der Waals surface area contributed by atoms with Crippen LogP contribution in [0.25, 0.3) is 11.0 Å². The third-order valence-corrected chi connectivity index (χ3v) is 2.23. The van der Waals surface area contributed by atoms with Gasteiger partial charge < -0.3 is 4.42 Å². The number of hydrogen-bond acceptors (Lipinski definition) is 3. The van der Waals surface area contributed by atoms with Crippen LogP contribution in [0.1, 0.15) is 12.5 Å². The molecule has 1 aromatic carbocycles. The molecule has 0 aliphatic carbocycles.